The van der Waals surface area contributed by atoms with Crippen LogP contribution in [0.25, 0.3) is 0 Å². The molecular formula is C19H30N4O. The molecule has 5 heteroatoms. The van der Waals surface area contributed by atoms with Crippen LogP contribution in [0.1, 0.15) is 56.3 Å². The van der Waals surface area contributed by atoms with Crippen LogP contribution < -0.4 is 10.2 Å². The lowest BCUT2D eigenvalue weighted by Crippen LogP contribution is -2.53. The third kappa shape index (κ3) is 4.07. The molecule has 0 aromatic carbocycles. The number of amides is 1. The molecular weight excluding hydrogens is 300 g/mol. The standard InChI is InChI=1S/C19H30N4O/c1-19(2,23-12-4-3-5-13-23)15-21-18(24)16-8-9-20-17(14-16)22-10-6-7-11-22/h8-9,14H,3-7,10-13,15H2,1-2H3,(H,21,24). The Morgan fingerprint density at radius 3 is 2.50 bits per heavy atom. The van der Waals surface area contributed by atoms with Crippen LogP contribution in [0.3, 0.4) is 0 Å². The predicted octanol–water partition coefficient (Wildman–Crippen LogP) is 2.68. The summed E-state index contributed by atoms with van der Waals surface area (Å²) in [6, 6.07) is 3.73. The fraction of sp³-hybridized carbons (Fsp3) is 0.684. The number of carbonyl (C=O) groups excluding carboxylic acids is 1. The second kappa shape index (κ2) is 7.51. The van der Waals surface area contributed by atoms with Crippen molar-refractivity contribution in [2.75, 3.05) is 37.6 Å². The van der Waals surface area contributed by atoms with E-state index in [1.807, 2.05) is 12.1 Å². The summed E-state index contributed by atoms with van der Waals surface area (Å²) < 4.78 is 0. The van der Waals surface area contributed by atoms with E-state index in [4.69, 9.17) is 0 Å². The van der Waals surface area contributed by atoms with Gasteiger partial charge in [0.1, 0.15) is 5.82 Å². The van der Waals surface area contributed by atoms with E-state index in [-0.39, 0.29) is 11.4 Å². The van der Waals surface area contributed by atoms with E-state index in [0.717, 1.165) is 32.0 Å². The lowest BCUT2D eigenvalue weighted by Gasteiger charge is -2.41. The first-order valence-corrected chi connectivity index (χ1v) is 9.30. The topological polar surface area (TPSA) is 48.5 Å². The number of piperidine rings is 1. The van der Waals surface area contributed by atoms with E-state index < -0.39 is 0 Å². The Hall–Kier alpha value is -1.62. The van der Waals surface area contributed by atoms with Crippen molar-refractivity contribution in [1.29, 1.82) is 0 Å². The summed E-state index contributed by atoms with van der Waals surface area (Å²) in [5.41, 5.74) is 0.710. The van der Waals surface area contributed by atoms with Crippen LogP contribution in [0.5, 0.6) is 0 Å². The zero-order valence-corrected chi connectivity index (χ0v) is 15.1. The quantitative estimate of drug-likeness (QED) is 0.902. The molecule has 2 aliphatic rings. The second-order valence-corrected chi connectivity index (χ2v) is 7.64. The number of pyridine rings is 1. The fourth-order valence-electron chi connectivity index (χ4n) is 3.69. The number of aromatic nitrogens is 1. The van der Waals surface area contributed by atoms with Crippen LogP contribution in [0.4, 0.5) is 5.82 Å². The van der Waals surface area contributed by atoms with Gasteiger partial charge in [-0.15, -0.1) is 0 Å². The Bertz CT molecular complexity index is 560. The van der Waals surface area contributed by atoms with Gasteiger partial charge < -0.3 is 10.2 Å². The van der Waals surface area contributed by atoms with Gasteiger partial charge in [-0.3, -0.25) is 9.69 Å². The molecule has 2 fully saturated rings. The molecule has 132 valence electrons. The third-order valence-electron chi connectivity index (χ3n) is 5.33. The molecule has 2 aliphatic heterocycles. The van der Waals surface area contributed by atoms with Gasteiger partial charge in [0.2, 0.25) is 0 Å². The maximum atomic E-state index is 12.6. The number of rotatable bonds is 5. The summed E-state index contributed by atoms with van der Waals surface area (Å²) in [5, 5.41) is 3.13. The van der Waals surface area contributed by atoms with Crippen molar-refractivity contribution >= 4 is 11.7 Å². The molecule has 3 rings (SSSR count). The smallest absolute Gasteiger partial charge is 0.251 e. The highest BCUT2D eigenvalue weighted by Gasteiger charge is 2.28. The highest BCUT2D eigenvalue weighted by atomic mass is 16.1. The zero-order chi connectivity index (χ0) is 17.0. The number of nitrogens with one attached hydrogen (secondary N) is 1. The highest BCUT2D eigenvalue weighted by Crippen LogP contribution is 2.21. The normalized spacial score (nSPS) is 19.5. The summed E-state index contributed by atoms with van der Waals surface area (Å²) >= 11 is 0. The molecule has 2 saturated heterocycles. The maximum absolute atomic E-state index is 12.6. The molecule has 5 nitrogen and oxygen atoms in total. The van der Waals surface area contributed by atoms with Crippen LogP contribution in [-0.2, 0) is 0 Å². The van der Waals surface area contributed by atoms with Crippen LogP contribution in [0, 0.1) is 0 Å². The summed E-state index contributed by atoms with van der Waals surface area (Å²) in [5.74, 6) is 0.929. The van der Waals surface area contributed by atoms with Gasteiger partial charge in [0.15, 0.2) is 0 Å². The molecule has 0 radical (unpaired) electrons. The van der Waals surface area contributed by atoms with Gasteiger partial charge in [0.05, 0.1) is 0 Å². The molecule has 24 heavy (non-hydrogen) atoms. The van der Waals surface area contributed by atoms with E-state index in [1.54, 1.807) is 6.20 Å². The lowest BCUT2D eigenvalue weighted by molar-refractivity contribution is 0.0797. The van der Waals surface area contributed by atoms with Gasteiger partial charge in [0.25, 0.3) is 5.91 Å². The Labute approximate surface area is 145 Å². The molecule has 1 amide bonds. The van der Waals surface area contributed by atoms with Crippen LogP contribution in [0.15, 0.2) is 18.3 Å². The van der Waals surface area contributed by atoms with Crippen molar-refractivity contribution in [2.45, 2.75) is 51.5 Å². The number of anilines is 1. The minimum Gasteiger partial charge on any atom is -0.357 e. The average Bonchev–Trinajstić information content (AvgIpc) is 3.15. The van der Waals surface area contributed by atoms with Crippen LogP contribution in [-0.4, -0.2) is 54.1 Å². The van der Waals surface area contributed by atoms with Gasteiger partial charge in [-0.2, -0.15) is 0 Å². The molecule has 1 aromatic rings. The van der Waals surface area contributed by atoms with E-state index >= 15 is 0 Å². The van der Waals surface area contributed by atoms with Crippen molar-refractivity contribution in [3.8, 4) is 0 Å². The summed E-state index contributed by atoms with van der Waals surface area (Å²) in [7, 11) is 0. The first-order valence-electron chi connectivity index (χ1n) is 9.30. The van der Waals surface area contributed by atoms with Gasteiger partial charge in [0, 0.05) is 36.9 Å². The summed E-state index contributed by atoms with van der Waals surface area (Å²) in [4.78, 5) is 21.7. The first kappa shape index (κ1) is 17.2. The van der Waals surface area contributed by atoms with Gasteiger partial charge in [-0.1, -0.05) is 6.42 Å². The zero-order valence-electron chi connectivity index (χ0n) is 15.1. The Morgan fingerprint density at radius 1 is 1.12 bits per heavy atom. The van der Waals surface area contributed by atoms with Crippen molar-refractivity contribution in [2.24, 2.45) is 0 Å². The van der Waals surface area contributed by atoms with Crippen LogP contribution in [0.2, 0.25) is 0 Å². The molecule has 0 aliphatic carbocycles. The predicted molar refractivity (Wildman–Crippen MR) is 97.5 cm³/mol. The second-order valence-electron chi connectivity index (χ2n) is 7.64. The molecule has 0 saturated carbocycles. The number of nitrogens with zero attached hydrogens (tertiary/aromatic N) is 3. The summed E-state index contributed by atoms with van der Waals surface area (Å²) in [6.45, 7) is 9.48. The number of carbonyl (C=O) groups is 1. The van der Waals surface area contributed by atoms with E-state index in [0.29, 0.717) is 12.1 Å². The van der Waals surface area contributed by atoms with Gasteiger partial charge in [-0.25, -0.2) is 4.98 Å². The minimum absolute atomic E-state index is 0.000886. The number of hydrogen-bond donors (Lipinski definition) is 1. The maximum Gasteiger partial charge on any atom is 0.251 e. The molecule has 1 N–H and O–H groups in total. The van der Waals surface area contributed by atoms with Crippen molar-refractivity contribution in [1.82, 2.24) is 15.2 Å². The van der Waals surface area contributed by atoms with Crippen molar-refractivity contribution < 1.29 is 4.79 Å². The lowest BCUT2D eigenvalue weighted by atomic mass is 9.98. The largest absolute Gasteiger partial charge is 0.357 e. The molecule has 0 unspecified atom stereocenters. The minimum atomic E-state index is 0.000886. The molecule has 3 heterocycles. The summed E-state index contributed by atoms with van der Waals surface area (Å²) in [6.07, 6.45) is 8.03. The Kier molecular flexibility index (Phi) is 5.39. The molecule has 0 spiro atoms. The average molecular weight is 330 g/mol. The monoisotopic (exact) mass is 330 g/mol. The van der Waals surface area contributed by atoms with E-state index in [2.05, 4.69) is 33.9 Å². The third-order valence-corrected chi connectivity index (χ3v) is 5.33. The number of hydrogen-bond acceptors (Lipinski definition) is 4. The first-order chi connectivity index (χ1) is 11.6. The molecule has 1 aromatic heterocycles. The van der Waals surface area contributed by atoms with Gasteiger partial charge in [-0.05, 0) is 64.8 Å². The van der Waals surface area contributed by atoms with E-state index in [1.165, 1.54) is 32.1 Å². The number of likely N-dealkylation sites (tertiary alicyclic amines) is 1. The van der Waals surface area contributed by atoms with E-state index in [9.17, 15) is 4.79 Å². The van der Waals surface area contributed by atoms with Crippen molar-refractivity contribution in [3.63, 3.8) is 0 Å². The Morgan fingerprint density at radius 2 is 1.79 bits per heavy atom. The van der Waals surface area contributed by atoms with Gasteiger partial charge >= 0.3 is 0 Å². The SMILES string of the molecule is CC(C)(CNC(=O)c1ccnc(N2CCCC2)c1)N1CCCCC1. The Balaban J connectivity index is 1.59. The fourth-order valence-corrected chi connectivity index (χ4v) is 3.69. The molecule has 0 bridgehead atoms. The van der Waals surface area contributed by atoms with Crippen molar-refractivity contribution in [3.05, 3.63) is 23.9 Å². The van der Waals surface area contributed by atoms with Crippen LogP contribution >= 0.6 is 0 Å². The molecule has 0 atom stereocenters. The highest BCUT2D eigenvalue weighted by molar-refractivity contribution is 5.94.